The van der Waals surface area contributed by atoms with E-state index in [2.05, 4.69) is 28.4 Å². The second-order valence-electron chi connectivity index (χ2n) is 10.2. The summed E-state index contributed by atoms with van der Waals surface area (Å²) in [5.41, 5.74) is 4.40. The van der Waals surface area contributed by atoms with Crippen molar-refractivity contribution in [2.75, 3.05) is 43.1 Å². The van der Waals surface area contributed by atoms with Crippen molar-refractivity contribution in [3.05, 3.63) is 89.5 Å². The Balaban J connectivity index is 1.38. The maximum Gasteiger partial charge on any atom is 0.323 e. The zero-order valence-electron chi connectivity index (χ0n) is 23.8. The number of anilines is 2. The molecule has 212 valence electrons. The number of ether oxygens (including phenoxy) is 3. The lowest BCUT2D eigenvalue weighted by Gasteiger charge is -2.32. The number of fused-ring (bicyclic) bond motifs is 1. The first-order valence-electron chi connectivity index (χ1n) is 14.2. The molecule has 0 aromatic heterocycles. The molecule has 0 unspecified atom stereocenters. The van der Waals surface area contributed by atoms with Gasteiger partial charge in [0.25, 0.3) is 0 Å². The van der Waals surface area contributed by atoms with Crippen LogP contribution in [-0.4, -0.2) is 44.8 Å². The minimum absolute atomic E-state index is 0.207. The number of carbonyl (C=O) groups excluding carboxylic acids is 2. The monoisotopic (exact) mass is 544 g/mol. The molecule has 7 heteroatoms. The van der Waals surface area contributed by atoms with Crippen LogP contribution in [0.4, 0.5) is 11.4 Å². The fraction of sp³-hybridized carbons (Fsp3) is 0.394. The number of para-hydroxylation sites is 1. The molecule has 0 bridgehead atoms. The van der Waals surface area contributed by atoms with E-state index in [-0.39, 0.29) is 19.6 Å². The van der Waals surface area contributed by atoms with Gasteiger partial charge in [0.05, 0.1) is 19.8 Å². The van der Waals surface area contributed by atoms with E-state index in [1.165, 1.54) is 16.8 Å². The van der Waals surface area contributed by atoms with Crippen LogP contribution in [0.25, 0.3) is 0 Å². The van der Waals surface area contributed by atoms with Crippen molar-refractivity contribution in [3.8, 4) is 5.75 Å². The quantitative estimate of drug-likeness (QED) is 0.215. The summed E-state index contributed by atoms with van der Waals surface area (Å²) in [5, 5.41) is 3.54. The van der Waals surface area contributed by atoms with Gasteiger partial charge in [-0.2, -0.15) is 0 Å². The first-order chi connectivity index (χ1) is 19.4. The highest BCUT2D eigenvalue weighted by Crippen LogP contribution is 2.31. The summed E-state index contributed by atoms with van der Waals surface area (Å²) in [6, 6.07) is 24.3. The smallest absolute Gasteiger partial charge is 0.323 e. The number of rotatable bonds is 13. The number of benzene rings is 3. The maximum absolute atomic E-state index is 12.6. The third-order valence-corrected chi connectivity index (χ3v) is 7.26. The minimum atomic E-state index is -1.39. The summed E-state index contributed by atoms with van der Waals surface area (Å²) in [4.78, 5) is 27.7. The first kappa shape index (κ1) is 29.0. The van der Waals surface area contributed by atoms with Crippen molar-refractivity contribution >= 4 is 23.3 Å². The highest BCUT2D eigenvalue weighted by molar-refractivity contribution is 6.00. The number of esters is 2. The molecule has 0 aliphatic carbocycles. The molecule has 7 nitrogen and oxygen atoms in total. The van der Waals surface area contributed by atoms with Gasteiger partial charge >= 0.3 is 11.9 Å². The number of carbonyl (C=O) groups is 2. The van der Waals surface area contributed by atoms with E-state index in [1.807, 2.05) is 54.6 Å². The predicted molar refractivity (Wildman–Crippen MR) is 158 cm³/mol. The summed E-state index contributed by atoms with van der Waals surface area (Å²) >= 11 is 0. The molecule has 0 saturated carbocycles. The number of hydrogen-bond donors (Lipinski definition) is 1. The fourth-order valence-electron chi connectivity index (χ4n) is 5.12. The topological polar surface area (TPSA) is 77.1 Å². The summed E-state index contributed by atoms with van der Waals surface area (Å²) in [7, 11) is 0. The highest BCUT2D eigenvalue weighted by atomic mass is 16.6. The molecule has 4 rings (SSSR count). The van der Waals surface area contributed by atoms with Crippen LogP contribution in [0.1, 0.15) is 43.9 Å². The highest BCUT2D eigenvalue weighted by Gasteiger charge is 2.44. The van der Waals surface area contributed by atoms with Crippen LogP contribution in [0.15, 0.2) is 72.8 Å². The van der Waals surface area contributed by atoms with Crippen molar-refractivity contribution in [2.45, 2.75) is 46.6 Å². The van der Waals surface area contributed by atoms with Gasteiger partial charge in [0, 0.05) is 24.5 Å². The summed E-state index contributed by atoms with van der Waals surface area (Å²) in [6.45, 7) is 8.68. The molecule has 0 saturated heterocycles. The van der Waals surface area contributed by atoms with Crippen molar-refractivity contribution < 1.29 is 23.8 Å². The second-order valence-corrected chi connectivity index (χ2v) is 10.2. The molecular formula is C33H40N2O5. The molecule has 3 aromatic carbocycles. The third-order valence-electron chi connectivity index (χ3n) is 7.26. The lowest BCUT2D eigenvalue weighted by molar-refractivity contribution is -0.170. The van der Waals surface area contributed by atoms with E-state index in [0.717, 1.165) is 42.9 Å². The lowest BCUT2D eigenvalue weighted by Crippen LogP contribution is -2.41. The van der Waals surface area contributed by atoms with Crippen LogP contribution in [0.3, 0.4) is 0 Å². The molecule has 1 heterocycles. The number of nitrogens with zero attached hydrogens (tertiary/aromatic N) is 1. The Labute approximate surface area is 237 Å². The van der Waals surface area contributed by atoms with E-state index in [4.69, 9.17) is 14.2 Å². The lowest BCUT2D eigenvalue weighted by atomic mass is 9.83. The van der Waals surface area contributed by atoms with Crippen LogP contribution in [0.2, 0.25) is 0 Å². The summed E-state index contributed by atoms with van der Waals surface area (Å²) in [6.07, 6.45) is 2.38. The Morgan fingerprint density at radius 2 is 1.60 bits per heavy atom. The van der Waals surface area contributed by atoms with E-state index in [0.29, 0.717) is 13.2 Å². The Bertz CT molecular complexity index is 1240. The largest absolute Gasteiger partial charge is 0.492 e. The molecule has 0 atom stereocenters. The molecule has 1 aliphatic heterocycles. The SMILES string of the molecule is CCOC(=O)C(C)(Cc1ccc(NCc2cccc3c2CCCN3CCOc2ccccc2)cc1)C(=O)OCC. The van der Waals surface area contributed by atoms with Crippen molar-refractivity contribution in [1.29, 1.82) is 0 Å². The Morgan fingerprint density at radius 1 is 0.900 bits per heavy atom. The molecular weight excluding hydrogens is 504 g/mol. The number of hydrogen-bond acceptors (Lipinski definition) is 7. The fourth-order valence-corrected chi connectivity index (χ4v) is 5.12. The van der Waals surface area contributed by atoms with Gasteiger partial charge in [-0.3, -0.25) is 9.59 Å². The average Bonchev–Trinajstić information content (AvgIpc) is 2.97. The molecule has 0 spiro atoms. The zero-order valence-corrected chi connectivity index (χ0v) is 23.8. The van der Waals surface area contributed by atoms with Gasteiger partial charge in [-0.25, -0.2) is 0 Å². The molecule has 3 aromatic rings. The maximum atomic E-state index is 12.6. The average molecular weight is 545 g/mol. The van der Waals surface area contributed by atoms with Crippen molar-refractivity contribution in [1.82, 2.24) is 0 Å². The van der Waals surface area contributed by atoms with E-state index < -0.39 is 17.4 Å². The van der Waals surface area contributed by atoms with Gasteiger partial charge in [0.2, 0.25) is 0 Å². The van der Waals surface area contributed by atoms with Crippen LogP contribution in [0, 0.1) is 5.41 Å². The number of nitrogens with one attached hydrogen (secondary N) is 1. The van der Waals surface area contributed by atoms with E-state index in [1.54, 1.807) is 20.8 Å². The third kappa shape index (κ3) is 7.14. The molecule has 40 heavy (non-hydrogen) atoms. The van der Waals surface area contributed by atoms with Gasteiger partial charge in [0.1, 0.15) is 12.4 Å². The molecule has 0 amide bonds. The van der Waals surface area contributed by atoms with E-state index >= 15 is 0 Å². The Hall–Kier alpha value is -4.00. The normalized spacial score (nSPS) is 12.8. The van der Waals surface area contributed by atoms with Gasteiger partial charge < -0.3 is 24.4 Å². The van der Waals surface area contributed by atoms with Crippen molar-refractivity contribution in [2.24, 2.45) is 5.41 Å². The van der Waals surface area contributed by atoms with Gasteiger partial charge in [-0.15, -0.1) is 0 Å². The van der Waals surface area contributed by atoms with Crippen LogP contribution >= 0.6 is 0 Å². The van der Waals surface area contributed by atoms with Crippen LogP contribution in [-0.2, 0) is 38.4 Å². The van der Waals surface area contributed by atoms with Crippen LogP contribution < -0.4 is 15.0 Å². The van der Waals surface area contributed by atoms with Gasteiger partial charge in [-0.05, 0) is 87.1 Å². The van der Waals surface area contributed by atoms with Crippen LogP contribution in [0.5, 0.6) is 5.75 Å². The standard InChI is InChI=1S/C33H40N2O5/c1-4-38-31(36)33(3,32(37)39-5-2)23-25-16-18-27(19-17-25)34-24-26-11-9-15-30-29(26)14-10-20-35(30)21-22-40-28-12-7-6-8-13-28/h6-9,11-13,15-19,34H,4-5,10,14,20-24H2,1-3H3. The van der Waals surface area contributed by atoms with Crippen molar-refractivity contribution in [3.63, 3.8) is 0 Å². The molecule has 0 radical (unpaired) electrons. The molecule has 1 N–H and O–H groups in total. The zero-order chi connectivity index (χ0) is 28.4. The first-order valence-corrected chi connectivity index (χ1v) is 14.2. The molecule has 0 fully saturated rings. The van der Waals surface area contributed by atoms with Gasteiger partial charge in [-0.1, -0.05) is 42.5 Å². The summed E-state index contributed by atoms with van der Waals surface area (Å²) < 4.78 is 16.3. The molecule has 1 aliphatic rings. The second kappa shape index (κ2) is 13.9. The minimum Gasteiger partial charge on any atom is -0.492 e. The van der Waals surface area contributed by atoms with Gasteiger partial charge in [0.15, 0.2) is 5.41 Å². The predicted octanol–water partition coefficient (Wildman–Crippen LogP) is 5.81. The Morgan fingerprint density at radius 3 is 2.27 bits per heavy atom. The Kier molecular flexibility index (Phi) is 10.1. The summed E-state index contributed by atoms with van der Waals surface area (Å²) in [5.74, 6) is -0.231. The van der Waals surface area contributed by atoms with E-state index in [9.17, 15) is 9.59 Å².